The molecule has 2 aliphatic rings. The SMILES string of the molecule is C[C@@H]1CN(C2(C(=O)N(C)CCO)Cc3ccccc3C2)C[C@H](C)O1. The average molecular weight is 332 g/mol. The van der Waals surface area contributed by atoms with Gasteiger partial charge in [-0.15, -0.1) is 0 Å². The van der Waals surface area contributed by atoms with Crippen LogP contribution in [-0.4, -0.2) is 71.8 Å². The van der Waals surface area contributed by atoms with Crippen LogP contribution in [0.5, 0.6) is 0 Å². The van der Waals surface area contributed by atoms with Crippen molar-refractivity contribution >= 4 is 5.91 Å². The zero-order valence-corrected chi connectivity index (χ0v) is 14.9. The van der Waals surface area contributed by atoms with Crippen molar-refractivity contribution in [3.8, 4) is 0 Å². The summed E-state index contributed by atoms with van der Waals surface area (Å²) in [7, 11) is 1.79. The van der Waals surface area contributed by atoms with Crippen LogP contribution in [0.1, 0.15) is 25.0 Å². The summed E-state index contributed by atoms with van der Waals surface area (Å²) in [5.74, 6) is 0.106. The molecule has 24 heavy (non-hydrogen) atoms. The second-order valence-corrected chi connectivity index (χ2v) is 7.27. The summed E-state index contributed by atoms with van der Waals surface area (Å²) < 4.78 is 5.88. The summed E-state index contributed by atoms with van der Waals surface area (Å²) in [5, 5.41) is 9.25. The Bertz CT molecular complexity index is 569. The molecule has 0 saturated carbocycles. The number of fused-ring (bicyclic) bond motifs is 1. The number of hydrogen-bond acceptors (Lipinski definition) is 4. The lowest BCUT2D eigenvalue weighted by Gasteiger charge is -2.47. The van der Waals surface area contributed by atoms with Crippen LogP contribution < -0.4 is 0 Å². The number of carbonyl (C=O) groups excluding carboxylic acids is 1. The van der Waals surface area contributed by atoms with Crippen LogP contribution in [0.2, 0.25) is 0 Å². The van der Waals surface area contributed by atoms with E-state index in [-0.39, 0.29) is 24.7 Å². The molecule has 1 fully saturated rings. The number of rotatable bonds is 4. The van der Waals surface area contributed by atoms with Gasteiger partial charge in [0.1, 0.15) is 5.54 Å². The fourth-order valence-corrected chi connectivity index (χ4v) is 4.24. The molecule has 0 radical (unpaired) electrons. The molecule has 132 valence electrons. The molecule has 0 bridgehead atoms. The van der Waals surface area contributed by atoms with Crippen molar-refractivity contribution in [1.29, 1.82) is 0 Å². The van der Waals surface area contributed by atoms with Gasteiger partial charge in [0, 0.05) is 39.5 Å². The zero-order valence-electron chi connectivity index (χ0n) is 14.9. The van der Waals surface area contributed by atoms with Gasteiger partial charge in [-0.1, -0.05) is 24.3 Å². The standard InChI is InChI=1S/C19H28N2O3/c1-14-12-21(13-15(2)24-14)19(18(23)20(3)8-9-22)10-16-6-4-5-7-17(16)11-19/h4-7,14-15,22H,8-13H2,1-3H3/t14-,15+. The second-order valence-electron chi connectivity index (χ2n) is 7.27. The van der Waals surface area contributed by atoms with Crippen molar-refractivity contribution in [1.82, 2.24) is 9.80 Å². The number of aliphatic hydroxyl groups excluding tert-OH is 1. The van der Waals surface area contributed by atoms with Crippen molar-refractivity contribution in [3.63, 3.8) is 0 Å². The first-order chi connectivity index (χ1) is 11.5. The van der Waals surface area contributed by atoms with Gasteiger partial charge in [-0.3, -0.25) is 9.69 Å². The van der Waals surface area contributed by atoms with Gasteiger partial charge in [-0.05, 0) is 25.0 Å². The summed E-state index contributed by atoms with van der Waals surface area (Å²) in [6.45, 7) is 6.02. The van der Waals surface area contributed by atoms with Crippen molar-refractivity contribution in [2.75, 3.05) is 33.3 Å². The topological polar surface area (TPSA) is 53.0 Å². The van der Waals surface area contributed by atoms with Gasteiger partial charge in [0.2, 0.25) is 5.91 Å². The van der Waals surface area contributed by atoms with Gasteiger partial charge >= 0.3 is 0 Å². The molecule has 1 aliphatic carbocycles. The third kappa shape index (κ3) is 3.08. The Labute approximate surface area is 144 Å². The molecule has 1 saturated heterocycles. The highest BCUT2D eigenvalue weighted by molar-refractivity contribution is 5.88. The van der Waals surface area contributed by atoms with Crippen LogP contribution in [0.25, 0.3) is 0 Å². The fourth-order valence-electron chi connectivity index (χ4n) is 4.24. The van der Waals surface area contributed by atoms with E-state index in [1.165, 1.54) is 11.1 Å². The molecule has 3 rings (SSSR count). The number of ether oxygens (including phenoxy) is 1. The Morgan fingerprint density at radius 2 is 1.79 bits per heavy atom. The smallest absolute Gasteiger partial charge is 0.243 e. The Morgan fingerprint density at radius 3 is 2.29 bits per heavy atom. The molecule has 0 spiro atoms. The average Bonchev–Trinajstić information content (AvgIpc) is 2.94. The van der Waals surface area contributed by atoms with E-state index >= 15 is 0 Å². The fraction of sp³-hybridized carbons (Fsp3) is 0.632. The third-order valence-electron chi connectivity index (χ3n) is 5.29. The van der Waals surface area contributed by atoms with Gasteiger partial charge in [0.05, 0.1) is 18.8 Å². The highest BCUT2D eigenvalue weighted by Gasteiger charge is 2.51. The van der Waals surface area contributed by atoms with Gasteiger partial charge in [-0.2, -0.15) is 0 Å². The van der Waals surface area contributed by atoms with Crippen molar-refractivity contribution in [2.24, 2.45) is 0 Å². The van der Waals surface area contributed by atoms with Gasteiger partial charge in [0.25, 0.3) is 0 Å². The molecule has 2 atom stereocenters. The Morgan fingerprint density at radius 1 is 1.25 bits per heavy atom. The molecule has 0 unspecified atom stereocenters. The maximum Gasteiger partial charge on any atom is 0.243 e. The van der Waals surface area contributed by atoms with Gasteiger partial charge in [0.15, 0.2) is 0 Å². The number of hydrogen-bond donors (Lipinski definition) is 1. The normalized spacial score (nSPS) is 26.2. The maximum atomic E-state index is 13.4. The molecular formula is C19H28N2O3. The number of benzene rings is 1. The molecule has 1 heterocycles. The minimum absolute atomic E-state index is 0.0127. The summed E-state index contributed by atoms with van der Waals surface area (Å²) in [4.78, 5) is 17.4. The van der Waals surface area contributed by atoms with Crippen molar-refractivity contribution in [3.05, 3.63) is 35.4 Å². The number of likely N-dealkylation sites (N-methyl/N-ethyl adjacent to an activating group) is 1. The lowest BCUT2D eigenvalue weighted by molar-refractivity contribution is -0.153. The Balaban J connectivity index is 1.95. The van der Waals surface area contributed by atoms with E-state index in [2.05, 4.69) is 30.9 Å². The highest BCUT2D eigenvalue weighted by atomic mass is 16.5. The van der Waals surface area contributed by atoms with E-state index in [0.29, 0.717) is 6.54 Å². The molecule has 1 N–H and O–H groups in total. The molecule has 0 aromatic heterocycles. The van der Waals surface area contributed by atoms with E-state index in [1.807, 2.05) is 12.1 Å². The number of carbonyl (C=O) groups is 1. The number of morpholine rings is 1. The van der Waals surface area contributed by atoms with E-state index in [4.69, 9.17) is 4.74 Å². The minimum Gasteiger partial charge on any atom is -0.395 e. The lowest BCUT2D eigenvalue weighted by atomic mass is 9.89. The highest BCUT2D eigenvalue weighted by Crippen LogP contribution is 2.37. The number of aliphatic hydroxyl groups is 1. The lowest BCUT2D eigenvalue weighted by Crippen LogP contribution is -2.64. The van der Waals surface area contributed by atoms with Crippen molar-refractivity contribution < 1.29 is 14.6 Å². The monoisotopic (exact) mass is 332 g/mol. The molecule has 1 aliphatic heterocycles. The molecule has 1 aromatic rings. The molecule has 5 heteroatoms. The summed E-state index contributed by atoms with van der Waals surface area (Å²) >= 11 is 0. The van der Waals surface area contributed by atoms with E-state index in [0.717, 1.165) is 25.9 Å². The van der Waals surface area contributed by atoms with Crippen LogP contribution in [0, 0.1) is 0 Å². The minimum atomic E-state index is -0.556. The molecule has 1 amide bonds. The van der Waals surface area contributed by atoms with Crippen LogP contribution in [0.3, 0.4) is 0 Å². The Hall–Kier alpha value is -1.43. The zero-order chi connectivity index (χ0) is 17.3. The summed E-state index contributed by atoms with van der Waals surface area (Å²) in [5.41, 5.74) is 1.96. The maximum absolute atomic E-state index is 13.4. The molecule has 1 aromatic carbocycles. The first-order valence-corrected chi connectivity index (χ1v) is 8.80. The third-order valence-corrected chi connectivity index (χ3v) is 5.29. The van der Waals surface area contributed by atoms with Crippen LogP contribution in [0.4, 0.5) is 0 Å². The van der Waals surface area contributed by atoms with Gasteiger partial charge < -0.3 is 14.7 Å². The van der Waals surface area contributed by atoms with Crippen LogP contribution >= 0.6 is 0 Å². The number of amides is 1. The molecular weight excluding hydrogens is 304 g/mol. The first kappa shape index (κ1) is 17.4. The largest absolute Gasteiger partial charge is 0.395 e. The summed E-state index contributed by atoms with van der Waals surface area (Å²) in [6.07, 6.45) is 1.70. The predicted octanol–water partition coefficient (Wildman–Crippen LogP) is 1.08. The Kier molecular flexibility index (Phi) is 4.95. The molecule has 5 nitrogen and oxygen atoms in total. The summed E-state index contributed by atoms with van der Waals surface area (Å²) in [6, 6.07) is 8.34. The quantitative estimate of drug-likeness (QED) is 0.897. The van der Waals surface area contributed by atoms with E-state index in [9.17, 15) is 9.90 Å². The van der Waals surface area contributed by atoms with Crippen molar-refractivity contribution in [2.45, 2.75) is 44.4 Å². The van der Waals surface area contributed by atoms with Crippen LogP contribution in [0.15, 0.2) is 24.3 Å². The predicted molar refractivity (Wildman–Crippen MR) is 92.9 cm³/mol. The van der Waals surface area contributed by atoms with E-state index < -0.39 is 5.54 Å². The van der Waals surface area contributed by atoms with Gasteiger partial charge in [-0.25, -0.2) is 0 Å². The second kappa shape index (κ2) is 6.82. The number of nitrogens with zero attached hydrogens (tertiary/aromatic N) is 2. The first-order valence-electron chi connectivity index (χ1n) is 8.80. The van der Waals surface area contributed by atoms with E-state index in [1.54, 1.807) is 11.9 Å². The van der Waals surface area contributed by atoms with Crippen LogP contribution in [-0.2, 0) is 22.4 Å².